The largest absolute Gasteiger partial charge is 0.504 e. The van der Waals surface area contributed by atoms with Crippen molar-refractivity contribution in [3.05, 3.63) is 23.8 Å². The van der Waals surface area contributed by atoms with E-state index in [1.807, 2.05) is 26.0 Å². The van der Waals surface area contributed by atoms with Crippen molar-refractivity contribution in [2.45, 2.75) is 19.4 Å². The van der Waals surface area contributed by atoms with Crippen molar-refractivity contribution in [2.75, 3.05) is 0 Å². The molecular formula is C9H10O2. The van der Waals surface area contributed by atoms with Gasteiger partial charge >= 0.3 is 0 Å². The van der Waals surface area contributed by atoms with Gasteiger partial charge in [-0.15, -0.1) is 0 Å². The van der Waals surface area contributed by atoms with E-state index >= 15 is 0 Å². The minimum absolute atomic E-state index is 0.214. The Hall–Kier alpha value is -1.18. The molecule has 1 N–H and O–H groups in total. The van der Waals surface area contributed by atoms with E-state index in [4.69, 9.17) is 4.74 Å². The van der Waals surface area contributed by atoms with Crippen LogP contribution in [-0.4, -0.2) is 5.11 Å². The number of aromatic hydroxyl groups is 1. The summed E-state index contributed by atoms with van der Waals surface area (Å²) in [6.07, 6.45) is 0. The van der Waals surface area contributed by atoms with E-state index in [-0.39, 0.29) is 11.4 Å². The maximum Gasteiger partial charge on any atom is 0.169 e. The maximum atomic E-state index is 9.26. The highest BCUT2D eigenvalue weighted by atomic mass is 16.5. The van der Waals surface area contributed by atoms with Crippen LogP contribution in [-0.2, 0) is 5.60 Å². The fourth-order valence-corrected chi connectivity index (χ4v) is 1.37. The van der Waals surface area contributed by atoms with E-state index in [2.05, 4.69) is 0 Å². The first-order valence-electron chi connectivity index (χ1n) is 3.63. The maximum absolute atomic E-state index is 9.26. The van der Waals surface area contributed by atoms with Crippen LogP contribution in [0.3, 0.4) is 0 Å². The van der Waals surface area contributed by atoms with Gasteiger partial charge < -0.3 is 9.84 Å². The van der Waals surface area contributed by atoms with Crippen LogP contribution < -0.4 is 4.74 Å². The van der Waals surface area contributed by atoms with Crippen LogP contribution >= 0.6 is 0 Å². The van der Waals surface area contributed by atoms with Gasteiger partial charge in [0, 0.05) is 5.56 Å². The minimum Gasteiger partial charge on any atom is -0.504 e. The third kappa shape index (κ3) is 0.723. The fraction of sp³-hybridized carbons (Fsp3) is 0.333. The lowest BCUT2D eigenvalue weighted by Crippen LogP contribution is -2.34. The molecule has 0 bridgehead atoms. The van der Waals surface area contributed by atoms with Crippen LogP contribution in [0.5, 0.6) is 11.5 Å². The lowest BCUT2D eigenvalue weighted by Gasteiger charge is -2.38. The predicted octanol–water partition coefficient (Wildman–Crippen LogP) is 2.02. The molecule has 0 radical (unpaired) electrons. The first kappa shape index (κ1) is 6.53. The van der Waals surface area contributed by atoms with E-state index < -0.39 is 0 Å². The first-order chi connectivity index (χ1) is 5.11. The molecule has 1 heterocycles. The highest BCUT2D eigenvalue weighted by Crippen LogP contribution is 2.48. The van der Waals surface area contributed by atoms with Gasteiger partial charge in [0.15, 0.2) is 11.5 Å². The standard InChI is InChI=1S/C9H10O2/c1-9(2)6-4-3-5-7(10)8(6)11-9/h3-5,10H,1-2H3. The second kappa shape index (κ2) is 1.70. The molecule has 0 spiro atoms. The van der Waals surface area contributed by atoms with Gasteiger partial charge in [-0.3, -0.25) is 0 Å². The normalized spacial score (nSPS) is 18.0. The van der Waals surface area contributed by atoms with E-state index in [0.717, 1.165) is 5.56 Å². The molecule has 0 atom stereocenters. The molecule has 0 unspecified atom stereocenters. The Kier molecular flexibility index (Phi) is 1.01. The molecule has 2 rings (SSSR count). The van der Waals surface area contributed by atoms with E-state index in [9.17, 15) is 5.11 Å². The van der Waals surface area contributed by atoms with Gasteiger partial charge in [-0.1, -0.05) is 12.1 Å². The van der Waals surface area contributed by atoms with Gasteiger partial charge in [0.1, 0.15) is 5.60 Å². The molecular weight excluding hydrogens is 140 g/mol. The summed E-state index contributed by atoms with van der Waals surface area (Å²) >= 11 is 0. The molecule has 0 aliphatic carbocycles. The number of benzene rings is 1. The number of para-hydroxylation sites is 1. The molecule has 0 fully saturated rings. The molecule has 2 heteroatoms. The zero-order chi connectivity index (χ0) is 8.06. The van der Waals surface area contributed by atoms with Crippen molar-refractivity contribution in [3.8, 4) is 11.5 Å². The average molecular weight is 150 g/mol. The molecule has 2 nitrogen and oxygen atoms in total. The third-order valence-corrected chi connectivity index (χ3v) is 2.00. The van der Waals surface area contributed by atoms with Gasteiger partial charge in [0.05, 0.1) is 0 Å². The monoisotopic (exact) mass is 150 g/mol. The van der Waals surface area contributed by atoms with Crippen molar-refractivity contribution in [1.29, 1.82) is 0 Å². The quantitative estimate of drug-likeness (QED) is 0.613. The van der Waals surface area contributed by atoms with Crippen LogP contribution in [0.25, 0.3) is 0 Å². The highest BCUT2D eigenvalue weighted by molar-refractivity contribution is 5.53. The van der Waals surface area contributed by atoms with Crippen LogP contribution in [0, 0.1) is 0 Å². The SMILES string of the molecule is CC1(C)Oc2c(O)cccc21. The minimum atomic E-state index is -0.214. The van der Waals surface area contributed by atoms with Crippen LogP contribution in [0.15, 0.2) is 18.2 Å². The zero-order valence-corrected chi connectivity index (χ0v) is 6.59. The smallest absolute Gasteiger partial charge is 0.169 e. The number of fused-ring (bicyclic) bond motifs is 1. The lowest BCUT2D eigenvalue weighted by atomic mass is 9.91. The van der Waals surface area contributed by atoms with Gasteiger partial charge in [0.25, 0.3) is 0 Å². The van der Waals surface area contributed by atoms with E-state index in [1.165, 1.54) is 0 Å². The van der Waals surface area contributed by atoms with Crippen LogP contribution in [0.1, 0.15) is 19.4 Å². The first-order valence-corrected chi connectivity index (χ1v) is 3.63. The summed E-state index contributed by atoms with van der Waals surface area (Å²) in [6.45, 7) is 3.96. The zero-order valence-electron chi connectivity index (χ0n) is 6.59. The molecule has 1 aromatic rings. The second-order valence-corrected chi connectivity index (χ2v) is 3.27. The Morgan fingerprint density at radius 3 is 2.64 bits per heavy atom. The third-order valence-electron chi connectivity index (χ3n) is 2.00. The van der Waals surface area contributed by atoms with Crippen molar-refractivity contribution in [1.82, 2.24) is 0 Å². The Balaban J connectivity index is 2.57. The van der Waals surface area contributed by atoms with Gasteiger partial charge in [0.2, 0.25) is 0 Å². The van der Waals surface area contributed by atoms with E-state index in [1.54, 1.807) is 6.07 Å². The lowest BCUT2D eigenvalue weighted by molar-refractivity contribution is 0.0470. The Labute approximate surface area is 65.4 Å². The number of phenols is 1. The summed E-state index contributed by atoms with van der Waals surface area (Å²) in [4.78, 5) is 0. The summed E-state index contributed by atoms with van der Waals surface area (Å²) in [5.74, 6) is 0.874. The van der Waals surface area contributed by atoms with Crippen molar-refractivity contribution in [3.63, 3.8) is 0 Å². The molecule has 0 saturated carbocycles. The Morgan fingerprint density at radius 1 is 1.36 bits per heavy atom. The van der Waals surface area contributed by atoms with Crippen molar-refractivity contribution >= 4 is 0 Å². The van der Waals surface area contributed by atoms with Crippen LogP contribution in [0.4, 0.5) is 0 Å². The van der Waals surface area contributed by atoms with Gasteiger partial charge in [-0.2, -0.15) is 0 Å². The van der Waals surface area contributed by atoms with E-state index in [0.29, 0.717) is 5.75 Å². The Morgan fingerprint density at radius 2 is 2.09 bits per heavy atom. The number of hydrogen-bond donors (Lipinski definition) is 1. The average Bonchev–Trinajstić information content (AvgIpc) is 1.92. The molecule has 1 aliphatic heterocycles. The topological polar surface area (TPSA) is 29.5 Å². The van der Waals surface area contributed by atoms with Gasteiger partial charge in [-0.05, 0) is 19.9 Å². The summed E-state index contributed by atoms with van der Waals surface area (Å²) in [7, 11) is 0. The van der Waals surface area contributed by atoms with Crippen molar-refractivity contribution in [2.24, 2.45) is 0 Å². The number of phenolic OH excluding ortho intramolecular Hbond substituents is 1. The molecule has 1 aliphatic rings. The summed E-state index contributed by atoms with van der Waals surface area (Å²) < 4.78 is 5.35. The summed E-state index contributed by atoms with van der Waals surface area (Å²) in [6, 6.07) is 5.44. The molecule has 0 aromatic heterocycles. The van der Waals surface area contributed by atoms with Gasteiger partial charge in [-0.25, -0.2) is 0 Å². The number of ether oxygens (including phenoxy) is 1. The molecule has 1 aromatic carbocycles. The van der Waals surface area contributed by atoms with Crippen molar-refractivity contribution < 1.29 is 9.84 Å². The highest BCUT2D eigenvalue weighted by Gasteiger charge is 2.37. The summed E-state index contributed by atoms with van der Waals surface area (Å²) in [5, 5.41) is 9.26. The number of rotatable bonds is 0. The molecule has 0 amide bonds. The Bertz CT molecular complexity index is 302. The molecule has 11 heavy (non-hydrogen) atoms. The second-order valence-electron chi connectivity index (χ2n) is 3.27. The number of hydrogen-bond acceptors (Lipinski definition) is 2. The molecule has 0 saturated heterocycles. The predicted molar refractivity (Wildman–Crippen MR) is 41.8 cm³/mol. The van der Waals surface area contributed by atoms with Crippen LogP contribution in [0.2, 0.25) is 0 Å². The fourth-order valence-electron chi connectivity index (χ4n) is 1.37. The molecule has 58 valence electrons. The summed E-state index contributed by atoms with van der Waals surface area (Å²) in [5.41, 5.74) is 0.867.